The molecule has 5 nitrogen and oxygen atoms in total. The van der Waals surface area contributed by atoms with Gasteiger partial charge in [0.2, 0.25) is 0 Å². The molecule has 1 rings (SSSR count). The van der Waals surface area contributed by atoms with Gasteiger partial charge in [-0.15, -0.1) is 0 Å². The first-order valence-electron chi connectivity index (χ1n) is 4.53. The summed E-state index contributed by atoms with van der Waals surface area (Å²) >= 11 is 8.84. The fourth-order valence-electron chi connectivity index (χ4n) is 0.905. The van der Waals surface area contributed by atoms with Crippen LogP contribution in [0.3, 0.4) is 0 Å². The lowest BCUT2D eigenvalue weighted by molar-refractivity contribution is 0.586. The molecule has 1 aromatic heterocycles. The van der Waals surface area contributed by atoms with Crippen LogP contribution in [0.4, 0.5) is 5.69 Å². The second kappa shape index (κ2) is 5.81. The van der Waals surface area contributed by atoms with E-state index in [0.29, 0.717) is 16.7 Å². The normalized spacial score (nSPS) is 11.4. The topological polar surface area (TPSA) is 71.1 Å². The van der Waals surface area contributed by atoms with Crippen LogP contribution >= 0.6 is 27.5 Å². The van der Waals surface area contributed by atoms with Crippen LogP contribution in [-0.2, 0) is 10.2 Å². The molecule has 0 aliphatic rings. The van der Waals surface area contributed by atoms with Crippen LogP contribution in [0.15, 0.2) is 16.7 Å². The summed E-state index contributed by atoms with van der Waals surface area (Å²) in [6.07, 6.45) is 2.07. The Bertz CT molecular complexity index is 466. The maximum atomic E-state index is 11.5. The lowest BCUT2D eigenvalue weighted by atomic mass is 10.4. The summed E-state index contributed by atoms with van der Waals surface area (Å²) < 4.78 is 28.2. The fraction of sp³-hybridized carbons (Fsp3) is 0.375. The van der Waals surface area contributed by atoms with Crippen molar-refractivity contribution in [3.8, 4) is 0 Å². The first-order chi connectivity index (χ1) is 7.44. The van der Waals surface area contributed by atoms with Crippen molar-refractivity contribution in [3.05, 3.63) is 21.9 Å². The standard InChI is InChI=1S/C8H11BrClN3O2S/c1-2-3-12-16(14,15)13-6-4-7(9)8(10)11-5-6/h4-5,12-13H,2-3H2,1H3. The van der Waals surface area contributed by atoms with Crippen molar-refractivity contribution in [2.45, 2.75) is 13.3 Å². The van der Waals surface area contributed by atoms with Gasteiger partial charge < -0.3 is 0 Å². The van der Waals surface area contributed by atoms with Crippen molar-refractivity contribution in [3.63, 3.8) is 0 Å². The van der Waals surface area contributed by atoms with Crippen molar-refractivity contribution in [1.29, 1.82) is 0 Å². The van der Waals surface area contributed by atoms with E-state index in [1.54, 1.807) is 6.07 Å². The molecule has 0 saturated heterocycles. The maximum absolute atomic E-state index is 11.5. The lowest BCUT2D eigenvalue weighted by Crippen LogP contribution is -2.30. The summed E-state index contributed by atoms with van der Waals surface area (Å²) in [5, 5.41) is 0.282. The first-order valence-corrected chi connectivity index (χ1v) is 7.18. The van der Waals surface area contributed by atoms with Gasteiger partial charge in [0.1, 0.15) is 5.15 Å². The summed E-state index contributed by atoms with van der Waals surface area (Å²) in [4.78, 5) is 3.81. The summed E-state index contributed by atoms with van der Waals surface area (Å²) in [6, 6.07) is 1.54. The molecule has 0 saturated carbocycles. The smallest absolute Gasteiger partial charge is 0.269 e. The van der Waals surface area contributed by atoms with Gasteiger partial charge in [-0.1, -0.05) is 18.5 Å². The Morgan fingerprint density at radius 1 is 1.56 bits per heavy atom. The summed E-state index contributed by atoms with van der Waals surface area (Å²) in [5.41, 5.74) is 0.347. The van der Waals surface area contributed by atoms with E-state index in [9.17, 15) is 8.42 Å². The average Bonchev–Trinajstić information content (AvgIpc) is 2.20. The van der Waals surface area contributed by atoms with Crippen molar-refractivity contribution in [2.24, 2.45) is 0 Å². The number of anilines is 1. The molecule has 0 aromatic carbocycles. The van der Waals surface area contributed by atoms with E-state index in [0.717, 1.165) is 6.42 Å². The molecule has 90 valence electrons. The second-order valence-corrected chi connectivity index (χ2v) is 5.71. The molecule has 0 unspecified atom stereocenters. The highest BCUT2D eigenvalue weighted by molar-refractivity contribution is 9.10. The number of halogens is 2. The van der Waals surface area contributed by atoms with Gasteiger partial charge in [0.15, 0.2) is 0 Å². The van der Waals surface area contributed by atoms with Crippen molar-refractivity contribution in [2.75, 3.05) is 11.3 Å². The number of pyridine rings is 1. The van der Waals surface area contributed by atoms with Crippen LogP contribution in [0.2, 0.25) is 5.15 Å². The van der Waals surface area contributed by atoms with Gasteiger partial charge in [-0.3, -0.25) is 4.72 Å². The minimum absolute atomic E-state index is 0.282. The molecule has 0 amide bonds. The predicted octanol–water partition coefficient (Wildman–Crippen LogP) is 2.15. The molecule has 0 atom stereocenters. The van der Waals surface area contributed by atoms with E-state index in [1.807, 2.05) is 6.92 Å². The monoisotopic (exact) mass is 327 g/mol. The number of nitrogens with one attached hydrogen (secondary N) is 2. The summed E-state index contributed by atoms with van der Waals surface area (Å²) in [5.74, 6) is 0. The van der Waals surface area contributed by atoms with Gasteiger partial charge in [0.05, 0.1) is 16.4 Å². The maximum Gasteiger partial charge on any atom is 0.299 e. The average molecular weight is 329 g/mol. The van der Waals surface area contributed by atoms with Gasteiger partial charge in [0, 0.05) is 6.54 Å². The van der Waals surface area contributed by atoms with Crippen LogP contribution in [0, 0.1) is 0 Å². The first kappa shape index (κ1) is 13.7. The van der Waals surface area contributed by atoms with Gasteiger partial charge in [-0.2, -0.15) is 13.1 Å². The third kappa shape index (κ3) is 4.25. The molecule has 1 aromatic rings. The van der Waals surface area contributed by atoms with E-state index < -0.39 is 10.2 Å². The van der Waals surface area contributed by atoms with E-state index in [-0.39, 0.29) is 5.15 Å². The van der Waals surface area contributed by atoms with Crippen LogP contribution in [0.1, 0.15) is 13.3 Å². The molecule has 2 N–H and O–H groups in total. The predicted molar refractivity (Wildman–Crippen MR) is 67.8 cm³/mol. The highest BCUT2D eigenvalue weighted by atomic mass is 79.9. The Hall–Kier alpha value is -0.370. The van der Waals surface area contributed by atoms with E-state index in [4.69, 9.17) is 11.6 Å². The molecule has 0 aliphatic carbocycles. The SMILES string of the molecule is CCCNS(=O)(=O)Nc1cnc(Cl)c(Br)c1. The van der Waals surface area contributed by atoms with Crippen molar-refractivity contribution in [1.82, 2.24) is 9.71 Å². The Labute approximate surface area is 108 Å². The minimum Gasteiger partial charge on any atom is -0.269 e. The molecule has 16 heavy (non-hydrogen) atoms. The zero-order valence-corrected chi connectivity index (χ0v) is 11.7. The van der Waals surface area contributed by atoms with Crippen LogP contribution in [0.25, 0.3) is 0 Å². The zero-order chi connectivity index (χ0) is 12.2. The second-order valence-electron chi connectivity index (χ2n) is 3.00. The quantitative estimate of drug-likeness (QED) is 0.814. The zero-order valence-electron chi connectivity index (χ0n) is 8.50. The number of hydrogen-bond acceptors (Lipinski definition) is 3. The highest BCUT2D eigenvalue weighted by Gasteiger charge is 2.09. The van der Waals surface area contributed by atoms with Gasteiger partial charge in [-0.25, -0.2) is 4.98 Å². The van der Waals surface area contributed by atoms with Crippen molar-refractivity contribution < 1.29 is 8.42 Å². The molecule has 0 radical (unpaired) electrons. The van der Waals surface area contributed by atoms with Gasteiger partial charge >= 0.3 is 0 Å². The molecule has 8 heteroatoms. The number of hydrogen-bond donors (Lipinski definition) is 2. The van der Waals surface area contributed by atoms with Crippen LogP contribution < -0.4 is 9.44 Å². The Kier molecular flexibility index (Phi) is 4.97. The molecule has 0 bridgehead atoms. The third-order valence-corrected chi connectivity index (χ3v) is 3.81. The number of nitrogens with zero attached hydrogens (tertiary/aromatic N) is 1. The molecule has 1 heterocycles. The van der Waals surface area contributed by atoms with Gasteiger partial charge in [-0.05, 0) is 28.4 Å². The molecular weight excluding hydrogens is 318 g/mol. The van der Waals surface area contributed by atoms with E-state index in [2.05, 4.69) is 30.4 Å². The lowest BCUT2D eigenvalue weighted by Gasteiger charge is -2.08. The van der Waals surface area contributed by atoms with E-state index in [1.165, 1.54) is 6.20 Å². The Morgan fingerprint density at radius 3 is 2.81 bits per heavy atom. The van der Waals surface area contributed by atoms with Gasteiger partial charge in [0.25, 0.3) is 10.2 Å². The minimum atomic E-state index is -3.53. The largest absolute Gasteiger partial charge is 0.299 e. The molecule has 0 fully saturated rings. The highest BCUT2D eigenvalue weighted by Crippen LogP contribution is 2.23. The molecule has 0 aliphatic heterocycles. The number of rotatable bonds is 5. The summed E-state index contributed by atoms with van der Waals surface area (Å²) in [6.45, 7) is 2.26. The Balaban J connectivity index is 2.76. The molecular formula is C8H11BrClN3O2S. The molecule has 0 spiro atoms. The number of aromatic nitrogens is 1. The Morgan fingerprint density at radius 2 is 2.25 bits per heavy atom. The summed E-state index contributed by atoms with van der Waals surface area (Å²) in [7, 11) is -3.53. The van der Waals surface area contributed by atoms with Crippen LogP contribution in [0.5, 0.6) is 0 Å². The fourth-order valence-corrected chi connectivity index (χ4v) is 2.32. The van der Waals surface area contributed by atoms with E-state index >= 15 is 0 Å². The van der Waals surface area contributed by atoms with Crippen molar-refractivity contribution >= 4 is 43.4 Å². The van der Waals surface area contributed by atoms with Crippen LogP contribution in [-0.4, -0.2) is 19.9 Å². The third-order valence-electron chi connectivity index (χ3n) is 1.59.